The van der Waals surface area contributed by atoms with Gasteiger partial charge < -0.3 is 15.0 Å². The molecule has 0 bridgehead atoms. The number of methoxy groups -OCH3 is 1. The van der Waals surface area contributed by atoms with E-state index in [0.717, 1.165) is 25.1 Å². The molecule has 1 aromatic heterocycles. The zero-order chi connectivity index (χ0) is 15.8. The van der Waals surface area contributed by atoms with E-state index in [2.05, 4.69) is 59.7 Å². The van der Waals surface area contributed by atoms with Gasteiger partial charge in [-0.1, -0.05) is 31.2 Å². The summed E-state index contributed by atoms with van der Waals surface area (Å²) in [5, 5.41) is 5.05. The van der Waals surface area contributed by atoms with Crippen LogP contribution in [0, 0.1) is 0 Å². The van der Waals surface area contributed by atoms with Crippen molar-refractivity contribution in [1.29, 1.82) is 0 Å². The second kappa shape index (κ2) is 5.74. The van der Waals surface area contributed by atoms with Crippen LogP contribution in [0.5, 0.6) is 5.75 Å². The van der Waals surface area contributed by atoms with Crippen LogP contribution in [0.1, 0.15) is 35.3 Å². The second-order valence-electron chi connectivity index (χ2n) is 6.12. The summed E-state index contributed by atoms with van der Waals surface area (Å²) in [6.07, 6.45) is 2.08. The van der Waals surface area contributed by atoms with E-state index in [9.17, 15) is 0 Å². The van der Waals surface area contributed by atoms with Crippen LogP contribution in [0.15, 0.2) is 42.5 Å². The molecule has 2 aromatic carbocycles. The highest BCUT2D eigenvalue weighted by atomic mass is 16.5. The van der Waals surface area contributed by atoms with Crippen molar-refractivity contribution < 1.29 is 4.74 Å². The van der Waals surface area contributed by atoms with Gasteiger partial charge in [0.25, 0.3) is 0 Å². The van der Waals surface area contributed by atoms with Crippen molar-refractivity contribution in [2.24, 2.45) is 0 Å². The molecule has 23 heavy (non-hydrogen) atoms. The van der Waals surface area contributed by atoms with Crippen molar-refractivity contribution in [3.63, 3.8) is 0 Å². The number of benzene rings is 2. The minimum absolute atomic E-state index is 0.229. The third-order valence-electron chi connectivity index (χ3n) is 4.90. The maximum Gasteiger partial charge on any atom is 0.119 e. The number of hydrogen-bond donors (Lipinski definition) is 2. The lowest BCUT2D eigenvalue weighted by Gasteiger charge is -2.27. The van der Waals surface area contributed by atoms with Crippen LogP contribution >= 0.6 is 0 Å². The van der Waals surface area contributed by atoms with E-state index in [-0.39, 0.29) is 6.04 Å². The smallest absolute Gasteiger partial charge is 0.119 e. The molecule has 0 saturated heterocycles. The molecule has 0 spiro atoms. The van der Waals surface area contributed by atoms with Crippen LogP contribution in [-0.4, -0.2) is 18.6 Å². The van der Waals surface area contributed by atoms with Crippen molar-refractivity contribution in [3.05, 3.63) is 64.8 Å². The number of aryl methyl sites for hydroxylation is 1. The lowest BCUT2D eigenvalue weighted by molar-refractivity contribution is 0.413. The van der Waals surface area contributed by atoms with Gasteiger partial charge in [0.2, 0.25) is 0 Å². The predicted octanol–water partition coefficient (Wildman–Crippen LogP) is 3.97. The summed E-state index contributed by atoms with van der Waals surface area (Å²) in [6, 6.07) is 15.3. The van der Waals surface area contributed by atoms with Gasteiger partial charge in [-0.15, -0.1) is 0 Å². The third kappa shape index (κ3) is 2.32. The summed E-state index contributed by atoms with van der Waals surface area (Å²) in [6.45, 7) is 3.21. The molecule has 1 atom stereocenters. The molecule has 3 aromatic rings. The third-order valence-corrected chi connectivity index (χ3v) is 4.90. The Balaban J connectivity index is 1.86. The first kappa shape index (κ1) is 14.3. The van der Waals surface area contributed by atoms with Crippen LogP contribution in [0.2, 0.25) is 0 Å². The summed E-state index contributed by atoms with van der Waals surface area (Å²) < 4.78 is 5.39. The summed E-state index contributed by atoms with van der Waals surface area (Å²) in [4.78, 5) is 3.65. The number of ether oxygens (including phenoxy) is 1. The Hall–Kier alpha value is -2.26. The largest absolute Gasteiger partial charge is 0.497 e. The minimum Gasteiger partial charge on any atom is -0.497 e. The average molecular weight is 306 g/mol. The molecule has 0 saturated carbocycles. The number of H-pyrrole nitrogens is 1. The number of aromatic amines is 1. The first-order valence-corrected chi connectivity index (χ1v) is 8.31. The number of hydrogen-bond acceptors (Lipinski definition) is 2. The maximum absolute atomic E-state index is 5.39. The van der Waals surface area contributed by atoms with E-state index in [1.165, 1.54) is 33.3 Å². The molecule has 1 unspecified atom stereocenters. The standard InChI is InChI=1S/C20H22N2O/c1-3-13-12-14(23-2)8-9-15(13)19-20-17(10-11-21-19)16-6-4-5-7-18(16)22-20/h4-9,12,19,21-22H,3,10-11H2,1-2H3. The molecule has 4 rings (SSSR count). The Labute approximate surface area is 136 Å². The maximum atomic E-state index is 5.39. The SMILES string of the molecule is CCc1cc(OC)ccc1C1NCCc2c1[nH]c1ccccc21. The zero-order valence-electron chi connectivity index (χ0n) is 13.6. The van der Waals surface area contributed by atoms with E-state index < -0.39 is 0 Å². The molecular weight excluding hydrogens is 284 g/mol. The van der Waals surface area contributed by atoms with Gasteiger partial charge in [0, 0.05) is 23.1 Å². The Morgan fingerprint density at radius 3 is 2.87 bits per heavy atom. The van der Waals surface area contributed by atoms with Gasteiger partial charge >= 0.3 is 0 Å². The molecule has 0 fully saturated rings. The first-order valence-electron chi connectivity index (χ1n) is 8.31. The van der Waals surface area contributed by atoms with Crippen molar-refractivity contribution >= 4 is 10.9 Å². The summed E-state index contributed by atoms with van der Waals surface area (Å²) >= 11 is 0. The van der Waals surface area contributed by atoms with Crippen LogP contribution < -0.4 is 10.1 Å². The average Bonchev–Trinajstić information content (AvgIpc) is 3.00. The fraction of sp³-hybridized carbons (Fsp3) is 0.300. The Bertz CT molecular complexity index is 850. The van der Waals surface area contributed by atoms with E-state index >= 15 is 0 Å². The fourth-order valence-corrected chi connectivity index (χ4v) is 3.74. The van der Waals surface area contributed by atoms with Gasteiger partial charge in [-0.2, -0.15) is 0 Å². The van der Waals surface area contributed by atoms with Crippen molar-refractivity contribution in [2.75, 3.05) is 13.7 Å². The fourth-order valence-electron chi connectivity index (χ4n) is 3.74. The molecule has 0 aliphatic carbocycles. The highest BCUT2D eigenvalue weighted by Gasteiger charge is 2.26. The quantitative estimate of drug-likeness (QED) is 0.768. The van der Waals surface area contributed by atoms with Gasteiger partial charge in [-0.3, -0.25) is 0 Å². The molecule has 0 amide bonds. The molecule has 3 nitrogen and oxygen atoms in total. The van der Waals surface area contributed by atoms with Crippen molar-refractivity contribution in [1.82, 2.24) is 10.3 Å². The summed E-state index contributed by atoms with van der Waals surface area (Å²) in [7, 11) is 1.73. The molecule has 3 heteroatoms. The number of para-hydroxylation sites is 1. The highest BCUT2D eigenvalue weighted by Crippen LogP contribution is 2.35. The normalized spacial score (nSPS) is 17.2. The molecular formula is C20H22N2O. The van der Waals surface area contributed by atoms with Gasteiger partial charge in [0.1, 0.15) is 5.75 Å². The predicted molar refractivity (Wildman–Crippen MR) is 94.2 cm³/mol. The molecule has 1 aliphatic heterocycles. The Kier molecular flexibility index (Phi) is 3.58. The topological polar surface area (TPSA) is 37.0 Å². The lowest BCUT2D eigenvalue weighted by atomic mass is 9.90. The van der Waals surface area contributed by atoms with Crippen LogP contribution in [0.25, 0.3) is 10.9 Å². The highest BCUT2D eigenvalue weighted by molar-refractivity contribution is 5.85. The molecule has 0 radical (unpaired) electrons. The molecule has 1 aliphatic rings. The van der Waals surface area contributed by atoms with Gasteiger partial charge in [0.15, 0.2) is 0 Å². The minimum atomic E-state index is 0.229. The molecule has 2 heterocycles. The second-order valence-corrected chi connectivity index (χ2v) is 6.12. The zero-order valence-corrected chi connectivity index (χ0v) is 13.6. The first-order chi connectivity index (χ1) is 11.3. The van der Waals surface area contributed by atoms with Gasteiger partial charge in [0.05, 0.1) is 13.2 Å². The van der Waals surface area contributed by atoms with Gasteiger partial charge in [-0.25, -0.2) is 0 Å². The van der Waals surface area contributed by atoms with Crippen LogP contribution in [0.3, 0.4) is 0 Å². The van der Waals surface area contributed by atoms with Crippen LogP contribution in [0.4, 0.5) is 0 Å². The Morgan fingerprint density at radius 1 is 1.17 bits per heavy atom. The van der Waals surface area contributed by atoms with E-state index in [1.54, 1.807) is 7.11 Å². The van der Waals surface area contributed by atoms with Crippen molar-refractivity contribution in [2.45, 2.75) is 25.8 Å². The monoisotopic (exact) mass is 306 g/mol. The summed E-state index contributed by atoms with van der Waals surface area (Å²) in [5.74, 6) is 0.929. The van der Waals surface area contributed by atoms with E-state index in [0.29, 0.717) is 0 Å². The number of aromatic nitrogens is 1. The summed E-state index contributed by atoms with van der Waals surface area (Å²) in [5.41, 5.74) is 6.70. The number of rotatable bonds is 3. The van der Waals surface area contributed by atoms with E-state index in [4.69, 9.17) is 4.74 Å². The van der Waals surface area contributed by atoms with Crippen LogP contribution in [-0.2, 0) is 12.8 Å². The number of nitrogens with one attached hydrogen (secondary N) is 2. The van der Waals surface area contributed by atoms with E-state index in [1.807, 2.05) is 0 Å². The van der Waals surface area contributed by atoms with Crippen molar-refractivity contribution in [3.8, 4) is 5.75 Å². The Morgan fingerprint density at radius 2 is 2.04 bits per heavy atom. The molecule has 2 N–H and O–H groups in total. The molecule has 118 valence electrons. The lowest BCUT2D eigenvalue weighted by Crippen LogP contribution is -2.31. The van der Waals surface area contributed by atoms with Gasteiger partial charge in [-0.05, 0) is 47.7 Å². The number of fused-ring (bicyclic) bond motifs is 3.